The molecule has 2 aliphatic heterocycles. The molecule has 2 aliphatic rings. The minimum atomic E-state index is 0. The lowest BCUT2D eigenvalue weighted by atomic mass is 9.98. The normalized spacial score (nSPS) is 26.3. The van der Waals surface area contributed by atoms with Gasteiger partial charge in [-0.25, -0.2) is 4.98 Å². The van der Waals surface area contributed by atoms with E-state index in [1.807, 2.05) is 23.3 Å². The molecule has 2 unspecified atom stereocenters. The molecule has 0 amide bonds. The maximum Gasteiger partial charge on any atom is 0.0991 e. The number of aromatic nitrogens is 2. The van der Waals surface area contributed by atoms with Crippen molar-refractivity contribution in [2.75, 3.05) is 7.05 Å². The highest BCUT2D eigenvalue weighted by Gasteiger charge is 2.34. The van der Waals surface area contributed by atoms with Gasteiger partial charge in [-0.05, 0) is 50.4 Å². The van der Waals surface area contributed by atoms with Gasteiger partial charge in [-0.3, -0.25) is 4.90 Å². The van der Waals surface area contributed by atoms with Gasteiger partial charge in [-0.2, -0.15) is 0 Å². The molecule has 4 rings (SSSR count). The number of hydrogen-bond acceptors (Lipinski definition) is 3. The third-order valence-electron chi connectivity index (χ3n) is 5.24. The van der Waals surface area contributed by atoms with Crippen molar-refractivity contribution in [2.45, 2.75) is 50.4 Å². The minimum absolute atomic E-state index is 0. The number of imidazole rings is 1. The third-order valence-corrected chi connectivity index (χ3v) is 5.24. The number of piperidine rings is 1. The number of fused-ring (bicyclic) bond motifs is 2. The van der Waals surface area contributed by atoms with Crippen LogP contribution in [0.1, 0.15) is 31.2 Å². The largest absolute Gasteiger partial charge is 0.311 e. The lowest BCUT2D eigenvalue weighted by molar-refractivity contribution is 0.166. The van der Waals surface area contributed by atoms with Gasteiger partial charge in [0.15, 0.2) is 0 Å². The van der Waals surface area contributed by atoms with Crippen LogP contribution in [0.25, 0.3) is 5.69 Å². The number of rotatable bonds is 4. The van der Waals surface area contributed by atoms with Crippen molar-refractivity contribution in [1.29, 1.82) is 0 Å². The molecule has 124 valence electrons. The van der Waals surface area contributed by atoms with Crippen molar-refractivity contribution in [1.82, 2.24) is 19.8 Å². The summed E-state index contributed by atoms with van der Waals surface area (Å²) in [4.78, 5) is 6.64. The van der Waals surface area contributed by atoms with Crippen molar-refractivity contribution < 1.29 is 0 Å². The Labute approximate surface area is 144 Å². The monoisotopic (exact) mass is 332 g/mol. The predicted octanol–water partition coefficient (Wildman–Crippen LogP) is 3.01. The lowest BCUT2D eigenvalue weighted by Crippen LogP contribution is -2.46. The summed E-state index contributed by atoms with van der Waals surface area (Å²) in [7, 11) is 2.28. The summed E-state index contributed by atoms with van der Waals surface area (Å²) >= 11 is 0. The number of nitrogens with one attached hydrogen (secondary N) is 1. The maximum atomic E-state index is 4.10. The second-order valence-corrected chi connectivity index (χ2v) is 6.81. The fourth-order valence-electron chi connectivity index (χ4n) is 3.99. The van der Waals surface area contributed by atoms with Gasteiger partial charge >= 0.3 is 0 Å². The van der Waals surface area contributed by atoms with Gasteiger partial charge in [0.25, 0.3) is 0 Å². The summed E-state index contributed by atoms with van der Waals surface area (Å²) in [6, 6.07) is 11.1. The Morgan fingerprint density at radius 1 is 1.17 bits per heavy atom. The summed E-state index contributed by atoms with van der Waals surface area (Å²) in [5, 5.41) is 3.73. The second-order valence-electron chi connectivity index (χ2n) is 6.81. The molecule has 1 aromatic carbocycles. The van der Waals surface area contributed by atoms with Crippen LogP contribution < -0.4 is 5.32 Å². The van der Waals surface area contributed by atoms with Crippen molar-refractivity contribution in [3.8, 4) is 5.69 Å². The Balaban J connectivity index is 0.00000156. The van der Waals surface area contributed by atoms with E-state index in [0.717, 1.165) is 24.7 Å². The molecule has 0 saturated carbocycles. The Morgan fingerprint density at radius 2 is 1.87 bits per heavy atom. The highest BCUT2D eigenvalue weighted by atomic mass is 35.5. The minimum Gasteiger partial charge on any atom is -0.311 e. The predicted molar refractivity (Wildman–Crippen MR) is 95.2 cm³/mol. The molecule has 0 aliphatic carbocycles. The van der Waals surface area contributed by atoms with E-state index in [9.17, 15) is 0 Å². The van der Waals surface area contributed by atoms with Crippen molar-refractivity contribution >= 4 is 12.4 Å². The molecular formula is C18H25ClN4. The van der Waals surface area contributed by atoms with E-state index >= 15 is 0 Å². The van der Waals surface area contributed by atoms with Crippen LogP contribution in [0.5, 0.6) is 0 Å². The first-order valence-corrected chi connectivity index (χ1v) is 8.31. The summed E-state index contributed by atoms with van der Waals surface area (Å²) < 4.78 is 2.04. The van der Waals surface area contributed by atoms with Gasteiger partial charge in [0.05, 0.1) is 6.33 Å². The average molecular weight is 333 g/mol. The quantitative estimate of drug-likeness (QED) is 0.934. The molecule has 2 bridgehead atoms. The van der Waals surface area contributed by atoms with E-state index in [1.54, 1.807) is 0 Å². The van der Waals surface area contributed by atoms with Crippen LogP contribution in [0.3, 0.4) is 0 Å². The summed E-state index contributed by atoms with van der Waals surface area (Å²) in [6.45, 7) is 1.04. The Morgan fingerprint density at radius 3 is 2.48 bits per heavy atom. The molecule has 0 spiro atoms. The number of nitrogens with zero attached hydrogens (tertiary/aromatic N) is 3. The number of hydrogen-bond donors (Lipinski definition) is 1. The maximum absolute atomic E-state index is 4.10. The molecule has 2 atom stereocenters. The molecule has 1 N–H and O–H groups in total. The smallest absolute Gasteiger partial charge is 0.0991 e. The van der Waals surface area contributed by atoms with Crippen LogP contribution in [0.15, 0.2) is 43.0 Å². The first-order chi connectivity index (χ1) is 10.8. The summed E-state index contributed by atoms with van der Waals surface area (Å²) in [5.41, 5.74) is 2.56. The Kier molecular flexibility index (Phi) is 5.05. The SMILES string of the molecule is CN(Cc1ccc(-n2ccnc2)cc1)C1CC2CCC(C1)N2.Cl. The van der Waals surface area contributed by atoms with E-state index in [1.165, 1.54) is 36.9 Å². The zero-order valence-corrected chi connectivity index (χ0v) is 14.4. The van der Waals surface area contributed by atoms with Gasteiger partial charge in [-0.15, -0.1) is 12.4 Å². The van der Waals surface area contributed by atoms with Crippen molar-refractivity contribution in [2.24, 2.45) is 0 Å². The van der Waals surface area contributed by atoms with Crippen LogP contribution in [-0.2, 0) is 6.54 Å². The fraction of sp³-hybridized carbons (Fsp3) is 0.500. The zero-order chi connectivity index (χ0) is 14.9. The lowest BCUT2D eigenvalue weighted by Gasteiger charge is -2.35. The van der Waals surface area contributed by atoms with Crippen LogP contribution in [0, 0.1) is 0 Å². The first-order valence-electron chi connectivity index (χ1n) is 8.31. The molecule has 4 nitrogen and oxygen atoms in total. The Bertz CT molecular complexity index is 598. The van der Waals surface area contributed by atoms with Crippen molar-refractivity contribution in [3.63, 3.8) is 0 Å². The molecule has 23 heavy (non-hydrogen) atoms. The van der Waals surface area contributed by atoms with Gasteiger partial charge < -0.3 is 9.88 Å². The molecule has 3 heterocycles. The number of halogens is 1. The molecule has 2 aromatic rings. The highest BCUT2D eigenvalue weighted by Crippen LogP contribution is 2.29. The zero-order valence-electron chi connectivity index (χ0n) is 13.6. The standard InChI is InChI=1S/C18H24N4.ClH/c1-21(18-10-15-4-5-16(11-18)20-15)12-14-2-6-17(7-3-14)22-9-8-19-13-22;/h2-3,6-9,13,15-16,18,20H,4-5,10-12H2,1H3;1H. The van der Waals surface area contributed by atoms with Gasteiger partial charge in [-0.1, -0.05) is 12.1 Å². The van der Waals surface area contributed by atoms with Crippen LogP contribution in [-0.4, -0.2) is 39.6 Å². The van der Waals surface area contributed by atoms with E-state index < -0.39 is 0 Å². The second kappa shape index (κ2) is 7.04. The van der Waals surface area contributed by atoms with Crippen molar-refractivity contribution in [3.05, 3.63) is 48.5 Å². The van der Waals surface area contributed by atoms with Crippen LogP contribution in [0.4, 0.5) is 0 Å². The third kappa shape index (κ3) is 3.60. The van der Waals surface area contributed by atoms with Crippen LogP contribution >= 0.6 is 12.4 Å². The summed E-state index contributed by atoms with van der Waals surface area (Å²) in [5.74, 6) is 0. The highest BCUT2D eigenvalue weighted by molar-refractivity contribution is 5.85. The van der Waals surface area contributed by atoms with Gasteiger partial charge in [0, 0.05) is 42.8 Å². The summed E-state index contributed by atoms with van der Waals surface area (Å²) in [6.07, 6.45) is 11.0. The number of benzene rings is 1. The average Bonchev–Trinajstić information content (AvgIpc) is 3.18. The molecule has 5 heteroatoms. The van der Waals surface area contributed by atoms with E-state index in [-0.39, 0.29) is 12.4 Å². The molecule has 2 fully saturated rings. The molecule has 2 saturated heterocycles. The van der Waals surface area contributed by atoms with Gasteiger partial charge in [0.1, 0.15) is 0 Å². The molecular weight excluding hydrogens is 308 g/mol. The molecule has 0 radical (unpaired) electrons. The van der Waals surface area contributed by atoms with E-state index in [4.69, 9.17) is 0 Å². The van der Waals surface area contributed by atoms with Gasteiger partial charge in [0.2, 0.25) is 0 Å². The first kappa shape index (κ1) is 16.5. The molecule has 1 aromatic heterocycles. The fourth-order valence-corrected chi connectivity index (χ4v) is 3.99. The van der Waals surface area contributed by atoms with E-state index in [0.29, 0.717) is 0 Å². The van der Waals surface area contributed by atoms with Crippen LogP contribution in [0.2, 0.25) is 0 Å². The van der Waals surface area contributed by atoms with E-state index in [2.05, 4.69) is 46.5 Å². The Hall–Kier alpha value is -1.36. The topological polar surface area (TPSA) is 33.1 Å².